The van der Waals surface area contributed by atoms with Gasteiger partial charge in [-0.25, -0.2) is 4.98 Å². The summed E-state index contributed by atoms with van der Waals surface area (Å²) >= 11 is 1.48. The number of fused-ring (bicyclic) bond motifs is 1. The van der Waals surface area contributed by atoms with E-state index >= 15 is 0 Å². The summed E-state index contributed by atoms with van der Waals surface area (Å²) in [5.41, 5.74) is 4.30. The molecule has 0 aliphatic heterocycles. The topological polar surface area (TPSA) is 66.5 Å². The molecule has 27 heavy (non-hydrogen) atoms. The zero-order chi connectivity index (χ0) is 18.6. The van der Waals surface area contributed by atoms with Gasteiger partial charge in [0.15, 0.2) is 0 Å². The summed E-state index contributed by atoms with van der Waals surface area (Å²) in [7, 11) is 0. The molecule has 0 fully saturated rings. The summed E-state index contributed by atoms with van der Waals surface area (Å²) in [6.07, 6.45) is 5.65. The predicted molar refractivity (Wildman–Crippen MR) is 109 cm³/mol. The minimum atomic E-state index is 0.568. The maximum absolute atomic E-state index is 9.74. The number of benzene rings is 2. The first-order valence-corrected chi connectivity index (χ1v) is 9.71. The van der Waals surface area contributed by atoms with Crippen molar-refractivity contribution < 1.29 is 0 Å². The molecule has 0 unspecified atom stereocenters. The largest absolute Gasteiger partial charge is 0.354 e. The van der Waals surface area contributed by atoms with E-state index in [9.17, 15) is 5.26 Å². The highest BCUT2D eigenvalue weighted by Crippen LogP contribution is 2.34. The lowest BCUT2D eigenvalue weighted by atomic mass is 10.1. The number of nitrogens with zero attached hydrogens (tertiary/aromatic N) is 4. The molecule has 4 rings (SSSR count). The molecule has 0 spiro atoms. The molecule has 0 amide bonds. The molecule has 5 nitrogen and oxygen atoms in total. The highest BCUT2D eigenvalue weighted by molar-refractivity contribution is 7.98. The number of nitrogens with one attached hydrogen (secondary N) is 1. The number of thioether (sulfide) groups is 1. The third kappa shape index (κ3) is 3.50. The van der Waals surface area contributed by atoms with Gasteiger partial charge in [0.25, 0.3) is 0 Å². The number of aromatic nitrogens is 3. The van der Waals surface area contributed by atoms with Crippen molar-refractivity contribution in [3.05, 3.63) is 78.1 Å². The van der Waals surface area contributed by atoms with E-state index in [0.717, 1.165) is 32.9 Å². The van der Waals surface area contributed by atoms with Crippen LogP contribution in [0.25, 0.3) is 10.9 Å². The van der Waals surface area contributed by atoms with Crippen LogP contribution in [0.4, 0.5) is 11.4 Å². The van der Waals surface area contributed by atoms with Gasteiger partial charge in [0, 0.05) is 23.5 Å². The number of rotatable bonds is 5. The van der Waals surface area contributed by atoms with E-state index in [0.29, 0.717) is 12.1 Å². The van der Waals surface area contributed by atoms with Crippen molar-refractivity contribution in [2.24, 2.45) is 0 Å². The predicted octanol–water partition coefficient (Wildman–Crippen LogP) is 4.82. The van der Waals surface area contributed by atoms with Crippen molar-refractivity contribution in [2.45, 2.75) is 11.6 Å². The maximum atomic E-state index is 9.74. The third-order valence-corrected chi connectivity index (χ3v) is 4.95. The van der Waals surface area contributed by atoms with Crippen molar-refractivity contribution >= 4 is 34.0 Å². The molecule has 2 aromatic heterocycles. The maximum Gasteiger partial charge on any atom is 0.116 e. The summed E-state index contributed by atoms with van der Waals surface area (Å²) in [6, 6.07) is 20.3. The average molecular weight is 371 g/mol. The van der Waals surface area contributed by atoms with Crippen molar-refractivity contribution in [3.63, 3.8) is 0 Å². The zero-order valence-electron chi connectivity index (χ0n) is 14.8. The van der Waals surface area contributed by atoms with E-state index < -0.39 is 0 Å². The zero-order valence-corrected chi connectivity index (χ0v) is 15.6. The van der Waals surface area contributed by atoms with Gasteiger partial charge in [-0.3, -0.25) is 4.68 Å². The Balaban J connectivity index is 1.76. The number of nitriles is 1. The summed E-state index contributed by atoms with van der Waals surface area (Å²) in [5.74, 6) is 0. The van der Waals surface area contributed by atoms with Crippen LogP contribution in [0.1, 0.15) is 11.1 Å². The molecule has 2 aromatic carbocycles. The Morgan fingerprint density at radius 1 is 1.15 bits per heavy atom. The van der Waals surface area contributed by atoms with Gasteiger partial charge in [0.1, 0.15) is 16.7 Å². The molecule has 6 heteroatoms. The molecule has 0 aliphatic rings. The first-order valence-electron chi connectivity index (χ1n) is 8.48. The Kier molecular flexibility index (Phi) is 4.77. The Morgan fingerprint density at radius 3 is 2.81 bits per heavy atom. The minimum Gasteiger partial charge on any atom is -0.354 e. The van der Waals surface area contributed by atoms with Crippen molar-refractivity contribution in [1.29, 1.82) is 5.26 Å². The van der Waals surface area contributed by atoms with Gasteiger partial charge in [0.05, 0.1) is 17.7 Å². The van der Waals surface area contributed by atoms with Crippen LogP contribution in [-0.2, 0) is 6.54 Å². The fourth-order valence-corrected chi connectivity index (χ4v) is 3.58. The number of hydrogen-bond donors (Lipinski definition) is 1. The Bertz CT molecular complexity index is 1130. The van der Waals surface area contributed by atoms with Crippen LogP contribution in [0.3, 0.4) is 0 Å². The molecule has 1 N–H and O–H groups in total. The SMILES string of the molecule is CSc1nc2ccccc2c(Nc2cccc(Cn3cccn3)c2)c1C#N. The van der Waals surface area contributed by atoms with Crippen LogP contribution in [0.15, 0.2) is 72.0 Å². The molecule has 4 aromatic rings. The third-order valence-electron chi connectivity index (χ3n) is 4.26. The number of pyridine rings is 1. The van der Waals surface area contributed by atoms with Crippen molar-refractivity contribution in [3.8, 4) is 6.07 Å². The van der Waals surface area contributed by atoms with Gasteiger partial charge in [-0.15, -0.1) is 11.8 Å². The Hall–Kier alpha value is -3.30. The van der Waals surface area contributed by atoms with Crippen molar-refractivity contribution in [1.82, 2.24) is 14.8 Å². The second-order valence-electron chi connectivity index (χ2n) is 6.03. The molecule has 132 valence electrons. The summed E-state index contributed by atoms with van der Waals surface area (Å²) < 4.78 is 1.88. The standard InChI is InChI=1S/C21H17N5S/c1-27-21-18(13-22)20(17-8-2-3-9-19(17)25-21)24-16-7-4-6-15(12-16)14-26-11-5-10-23-26/h2-12H,14H2,1H3,(H,24,25). The van der Waals surface area contributed by atoms with Crippen LogP contribution < -0.4 is 5.32 Å². The Labute approximate surface area is 161 Å². The van der Waals surface area contributed by atoms with Crippen LogP contribution >= 0.6 is 11.8 Å². The first kappa shape index (κ1) is 17.1. The smallest absolute Gasteiger partial charge is 0.116 e. The fourth-order valence-electron chi connectivity index (χ4n) is 3.04. The van der Waals surface area contributed by atoms with Crippen molar-refractivity contribution in [2.75, 3.05) is 11.6 Å². The monoisotopic (exact) mass is 371 g/mol. The lowest BCUT2D eigenvalue weighted by Gasteiger charge is -2.14. The van der Waals surface area contributed by atoms with Gasteiger partial charge >= 0.3 is 0 Å². The lowest BCUT2D eigenvalue weighted by molar-refractivity contribution is 0.687. The molecular formula is C21H17N5S. The van der Waals surface area contributed by atoms with E-state index in [2.05, 4.69) is 33.6 Å². The molecular weight excluding hydrogens is 354 g/mol. The average Bonchev–Trinajstić information content (AvgIpc) is 3.21. The normalized spacial score (nSPS) is 10.7. The summed E-state index contributed by atoms with van der Waals surface area (Å²) in [5, 5.41) is 19.1. The second-order valence-corrected chi connectivity index (χ2v) is 6.82. The van der Waals surface area contributed by atoms with E-state index in [1.54, 1.807) is 6.20 Å². The highest BCUT2D eigenvalue weighted by atomic mass is 32.2. The van der Waals surface area contributed by atoms with E-state index in [4.69, 9.17) is 0 Å². The Morgan fingerprint density at radius 2 is 2.04 bits per heavy atom. The lowest BCUT2D eigenvalue weighted by Crippen LogP contribution is -2.02. The molecule has 0 bridgehead atoms. The molecule has 0 radical (unpaired) electrons. The second kappa shape index (κ2) is 7.52. The number of anilines is 2. The van der Waals surface area contributed by atoms with E-state index in [1.165, 1.54) is 11.8 Å². The quantitative estimate of drug-likeness (QED) is 0.510. The van der Waals surface area contributed by atoms with Crippen LogP contribution in [-0.4, -0.2) is 21.0 Å². The van der Waals surface area contributed by atoms with Gasteiger partial charge < -0.3 is 5.32 Å². The van der Waals surface area contributed by atoms with Crippen LogP contribution in [0, 0.1) is 11.3 Å². The minimum absolute atomic E-state index is 0.568. The number of hydrogen-bond acceptors (Lipinski definition) is 5. The molecule has 0 aliphatic carbocycles. The van der Waals surface area contributed by atoms with Crippen LogP contribution in [0.2, 0.25) is 0 Å². The van der Waals surface area contributed by atoms with E-state index in [-0.39, 0.29) is 0 Å². The first-order chi connectivity index (χ1) is 13.3. The summed E-state index contributed by atoms with van der Waals surface area (Å²) in [4.78, 5) is 4.62. The van der Waals surface area contributed by atoms with Gasteiger partial charge in [-0.05, 0) is 36.1 Å². The van der Waals surface area contributed by atoms with Gasteiger partial charge in [-0.1, -0.05) is 30.3 Å². The fraction of sp³-hybridized carbons (Fsp3) is 0.0952. The molecule has 0 atom stereocenters. The number of para-hydroxylation sites is 1. The van der Waals surface area contributed by atoms with Crippen LogP contribution in [0.5, 0.6) is 0 Å². The van der Waals surface area contributed by atoms with Gasteiger partial charge in [-0.2, -0.15) is 10.4 Å². The van der Waals surface area contributed by atoms with E-state index in [1.807, 2.05) is 59.6 Å². The molecule has 2 heterocycles. The van der Waals surface area contributed by atoms with Gasteiger partial charge in [0.2, 0.25) is 0 Å². The summed E-state index contributed by atoms with van der Waals surface area (Å²) in [6.45, 7) is 0.695. The molecule has 0 saturated heterocycles. The molecule has 0 saturated carbocycles. The highest BCUT2D eigenvalue weighted by Gasteiger charge is 2.15.